The fourth-order valence-corrected chi connectivity index (χ4v) is 3.70. The second-order valence-electron chi connectivity index (χ2n) is 6.23. The third-order valence-corrected chi connectivity index (χ3v) is 4.77. The van der Waals surface area contributed by atoms with Gasteiger partial charge < -0.3 is 10.1 Å². The van der Waals surface area contributed by atoms with E-state index in [1.54, 1.807) is 12.0 Å². The summed E-state index contributed by atoms with van der Waals surface area (Å²) in [6, 6.07) is 9.25. The maximum Gasteiger partial charge on any atom is 0.256 e. The van der Waals surface area contributed by atoms with Gasteiger partial charge in [-0.15, -0.1) is 0 Å². The molecule has 6 nitrogen and oxygen atoms in total. The number of aryl methyl sites for hydroxylation is 1. The Kier molecular flexibility index (Phi) is 4.87. The second-order valence-corrected chi connectivity index (χ2v) is 6.61. The van der Waals surface area contributed by atoms with Crippen LogP contribution in [0.4, 0.5) is 0 Å². The fraction of sp³-hybridized carbons (Fsp3) is 0.389. The number of para-hydroxylation sites is 1. The van der Waals surface area contributed by atoms with Gasteiger partial charge in [-0.25, -0.2) is 4.68 Å². The predicted molar refractivity (Wildman–Crippen MR) is 99.7 cm³/mol. The molecule has 3 rings (SSSR count). The molecule has 0 unspecified atom stereocenters. The van der Waals surface area contributed by atoms with Gasteiger partial charge in [0.25, 0.3) is 5.91 Å². The number of carbonyl (C=O) groups excluding carboxylic acids is 1. The Morgan fingerprint density at radius 3 is 2.64 bits per heavy atom. The van der Waals surface area contributed by atoms with E-state index in [-0.39, 0.29) is 11.9 Å². The third kappa shape index (κ3) is 3.05. The van der Waals surface area contributed by atoms with Gasteiger partial charge >= 0.3 is 0 Å². The summed E-state index contributed by atoms with van der Waals surface area (Å²) in [5, 5.41) is 8.22. The molecule has 1 aliphatic rings. The molecule has 1 fully saturated rings. The normalized spacial score (nSPS) is 18.6. The molecule has 1 aliphatic heterocycles. The van der Waals surface area contributed by atoms with E-state index >= 15 is 0 Å². The van der Waals surface area contributed by atoms with Gasteiger partial charge in [-0.05, 0) is 45.1 Å². The summed E-state index contributed by atoms with van der Waals surface area (Å²) >= 11 is 5.38. The lowest BCUT2D eigenvalue weighted by atomic mass is 10.0. The van der Waals surface area contributed by atoms with Crippen LogP contribution in [-0.2, 0) is 9.53 Å². The largest absolute Gasteiger partial charge is 0.383 e. The first-order valence-corrected chi connectivity index (χ1v) is 8.60. The standard InChI is InChI=1S/C18H22N4O2S/c1-11(10-24-4)21-17(23)16(19-18(21)25)15-12(2)20-22(13(15)3)14-8-6-5-7-9-14/h5-9,11,16H,10H2,1-4H3,(H,19,25)/t11-,16-/m0/s1. The topological polar surface area (TPSA) is 59.4 Å². The van der Waals surface area contributed by atoms with E-state index in [2.05, 4.69) is 10.4 Å². The van der Waals surface area contributed by atoms with E-state index in [1.165, 1.54) is 0 Å². The van der Waals surface area contributed by atoms with Gasteiger partial charge in [-0.2, -0.15) is 5.10 Å². The zero-order valence-corrected chi connectivity index (χ0v) is 15.6. The molecular weight excluding hydrogens is 336 g/mol. The number of aromatic nitrogens is 2. The minimum Gasteiger partial charge on any atom is -0.383 e. The van der Waals surface area contributed by atoms with Crippen LogP contribution in [0, 0.1) is 13.8 Å². The van der Waals surface area contributed by atoms with Gasteiger partial charge in [-0.1, -0.05) is 18.2 Å². The molecule has 0 spiro atoms. The van der Waals surface area contributed by atoms with Crippen molar-refractivity contribution in [3.63, 3.8) is 0 Å². The molecule has 1 amide bonds. The summed E-state index contributed by atoms with van der Waals surface area (Å²) < 4.78 is 7.03. The van der Waals surface area contributed by atoms with E-state index in [4.69, 9.17) is 17.0 Å². The van der Waals surface area contributed by atoms with Gasteiger partial charge in [-0.3, -0.25) is 9.69 Å². The number of rotatable bonds is 5. The number of hydrogen-bond donors (Lipinski definition) is 1. The summed E-state index contributed by atoms with van der Waals surface area (Å²) in [4.78, 5) is 14.6. The molecule has 7 heteroatoms. The lowest BCUT2D eigenvalue weighted by Crippen LogP contribution is -2.41. The Morgan fingerprint density at radius 1 is 1.32 bits per heavy atom. The van der Waals surface area contributed by atoms with Crippen molar-refractivity contribution < 1.29 is 9.53 Å². The number of thiocarbonyl (C=S) groups is 1. The first-order valence-electron chi connectivity index (χ1n) is 8.19. The van der Waals surface area contributed by atoms with E-state index in [0.29, 0.717) is 11.7 Å². The quantitative estimate of drug-likeness (QED) is 0.831. The van der Waals surface area contributed by atoms with Crippen LogP contribution >= 0.6 is 12.2 Å². The van der Waals surface area contributed by atoms with Gasteiger partial charge in [0.2, 0.25) is 0 Å². The number of hydrogen-bond acceptors (Lipinski definition) is 4. The van der Waals surface area contributed by atoms with Crippen molar-refractivity contribution in [1.29, 1.82) is 0 Å². The van der Waals surface area contributed by atoms with E-state index in [0.717, 1.165) is 22.6 Å². The van der Waals surface area contributed by atoms with Crippen LogP contribution in [0.15, 0.2) is 30.3 Å². The molecule has 1 aromatic carbocycles. The van der Waals surface area contributed by atoms with Crippen LogP contribution in [0.1, 0.15) is 29.9 Å². The SMILES string of the molecule is COC[C@H](C)N1C(=O)[C@H](c2c(C)nn(-c3ccccc3)c2C)NC1=S. The first kappa shape index (κ1) is 17.6. The molecule has 1 aromatic heterocycles. The van der Waals surface area contributed by atoms with Crippen molar-refractivity contribution in [1.82, 2.24) is 20.0 Å². The molecule has 0 radical (unpaired) electrons. The monoisotopic (exact) mass is 358 g/mol. The van der Waals surface area contributed by atoms with E-state index in [9.17, 15) is 4.79 Å². The Bertz CT molecular complexity index is 803. The molecule has 2 atom stereocenters. The van der Waals surface area contributed by atoms with Crippen LogP contribution in [-0.4, -0.2) is 45.5 Å². The molecule has 25 heavy (non-hydrogen) atoms. The van der Waals surface area contributed by atoms with Crippen molar-refractivity contribution in [2.24, 2.45) is 0 Å². The van der Waals surface area contributed by atoms with Crippen LogP contribution in [0.2, 0.25) is 0 Å². The zero-order valence-electron chi connectivity index (χ0n) is 14.8. The fourth-order valence-electron chi connectivity index (χ4n) is 3.32. The lowest BCUT2D eigenvalue weighted by Gasteiger charge is -2.22. The summed E-state index contributed by atoms with van der Waals surface area (Å²) in [6.45, 7) is 6.25. The zero-order chi connectivity index (χ0) is 18.1. The first-order chi connectivity index (χ1) is 12.0. The molecule has 2 heterocycles. The van der Waals surface area contributed by atoms with Crippen molar-refractivity contribution in [2.45, 2.75) is 32.9 Å². The number of methoxy groups -OCH3 is 1. The summed E-state index contributed by atoms with van der Waals surface area (Å²) in [5.41, 5.74) is 3.59. The van der Waals surface area contributed by atoms with Crippen LogP contribution < -0.4 is 5.32 Å². The highest BCUT2D eigenvalue weighted by molar-refractivity contribution is 7.80. The number of ether oxygens (including phenoxy) is 1. The van der Waals surface area contributed by atoms with Crippen LogP contribution in [0.25, 0.3) is 5.69 Å². The Labute approximate surface area is 152 Å². The molecule has 2 aromatic rings. The number of carbonyl (C=O) groups is 1. The lowest BCUT2D eigenvalue weighted by molar-refractivity contribution is -0.129. The van der Waals surface area contributed by atoms with Crippen LogP contribution in [0.3, 0.4) is 0 Å². The molecule has 0 saturated carbocycles. The highest BCUT2D eigenvalue weighted by atomic mass is 32.1. The Balaban J connectivity index is 1.97. The Hall–Kier alpha value is -2.25. The van der Waals surface area contributed by atoms with Gasteiger partial charge in [0.05, 0.1) is 24.0 Å². The number of benzene rings is 1. The summed E-state index contributed by atoms with van der Waals surface area (Å²) in [6.07, 6.45) is 0. The average molecular weight is 358 g/mol. The van der Waals surface area contributed by atoms with Gasteiger partial charge in [0.1, 0.15) is 6.04 Å². The molecule has 0 aliphatic carbocycles. The van der Waals surface area contributed by atoms with Gasteiger partial charge in [0.15, 0.2) is 5.11 Å². The maximum atomic E-state index is 13.0. The van der Waals surface area contributed by atoms with Crippen molar-refractivity contribution in [2.75, 3.05) is 13.7 Å². The predicted octanol–water partition coefficient (Wildman–Crippen LogP) is 2.28. The third-order valence-electron chi connectivity index (χ3n) is 4.46. The maximum absolute atomic E-state index is 13.0. The van der Waals surface area contributed by atoms with E-state index < -0.39 is 6.04 Å². The number of nitrogens with one attached hydrogen (secondary N) is 1. The minimum atomic E-state index is -0.510. The minimum absolute atomic E-state index is 0.0617. The molecular formula is C18H22N4O2S. The highest BCUT2D eigenvalue weighted by Crippen LogP contribution is 2.29. The van der Waals surface area contributed by atoms with Crippen molar-refractivity contribution >= 4 is 23.2 Å². The molecule has 1 saturated heterocycles. The second kappa shape index (κ2) is 6.93. The summed E-state index contributed by atoms with van der Waals surface area (Å²) in [7, 11) is 1.61. The molecule has 132 valence electrons. The average Bonchev–Trinajstić information content (AvgIpc) is 3.04. The molecule has 0 bridgehead atoms. The number of amides is 1. The van der Waals surface area contributed by atoms with E-state index in [1.807, 2.05) is 55.8 Å². The number of nitrogens with zero attached hydrogens (tertiary/aromatic N) is 3. The van der Waals surface area contributed by atoms with Gasteiger partial charge in [0, 0.05) is 18.4 Å². The van der Waals surface area contributed by atoms with Crippen LogP contribution in [0.5, 0.6) is 0 Å². The van der Waals surface area contributed by atoms with Crippen molar-refractivity contribution in [3.05, 3.63) is 47.3 Å². The molecule has 1 N–H and O–H groups in total. The van der Waals surface area contributed by atoms with Crippen molar-refractivity contribution in [3.8, 4) is 5.69 Å². The summed E-state index contributed by atoms with van der Waals surface area (Å²) in [5.74, 6) is -0.0617. The highest BCUT2D eigenvalue weighted by Gasteiger charge is 2.41. The Morgan fingerprint density at radius 2 is 2.00 bits per heavy atom. The smallest absolute Gasteiger partial charge is 0.256 e.